The van der Waals surface area contributed by atoms with Gasteiger partial charge in [0.2, 0.25) is 0 Å². The lowest BCUT2D eigenvalue weighted by Crippen LogP contribution is -2.55. The van der Waals surface area contributed by atoms with Crippen molar-refractivity contribution in [2.24, 2.45) is 0 Å². The molecule has 1 aliphatic heterocycles. The second-order valence-corrected chi connectivity index (χ2v) is 5.96. The number of carbonyl (C=O) groups is 2. The van der Waals surface area contributed by atoms with Crippen molar-refractivity contribution >= 4 is 23.3 Å². The Morgan fingerprint density at radius 2 is 2.43 bits per heavy atom. The molecule has 2 unspecified atom stereocenters. The Balaban J connectivity index is 2.00. The summed E-state index contributed by atoms with van der Waals surface area (Å²) < 4.78 is 5.12. The van der Waals surface area contributed by atoms with Crippen LogP contribution in [0.15, 0.2) is 6.20 Å². The van der Waals surface area contributed by atoms with Gasteiger partial charge in [-0.05, 0) is 13.3 Å². The first-order valence-corrected chi connectivity index (χ1v) is 7.66. The summed E-state index contributed by atoms with van der Waals surface area (Å²) in [6.45, 7) is 4.53. The fourth-order valence-electron chi connectivity index (χ4n) is 2.07. The minimum absolute atomic E-state index is 0.0222. The van der Waals surface area contributed by atoms with Crippen molar-refractivity contribution < 1.29 is 19.4 Å². The fraction of sp³-hybridized carbons (Fsp3) is 0.615. The molecule has 116 valence electrons. The number of rotatable bonds is 4. The van der Waals surface area contributed by atoms with Gasteiger partial charge in [-0.2, -0.15) is 0 Å². The SMILES string of the molecule is CCc1cnc(C(C)NC(=O)N2CCOCC2C(=O)O)s1. The Labute approximate surface area is 126 Å². The lowest BCUT2D eigenvalue weighted by Gasteiger charge is -2.33. The van der Waals surface area contributed by atoms with Gasteiger partial charge >= 0.3 is 12.0 Å². The highest BCUT2D eigenvalue weighted by atomic mass is 32.1. The van der Waals surface area contributed by atoms with E-state index in [9.17, 15) is 9.59 Å². The number of aryl methyl sites for hydroxylation is 1. The van der Waals surface area contributed by atoms with Gasteiger partial charge in [0.15, 0.2) is 6.04 Å². The molecule has 7 nitrogen and oxygen atoms in total. The Bertz CT molecular complexity index is 519. The van der Waals surface area contributed by atoms with Crippen LogP contribution < -0.4 is 5.32 Å². The van der Waals surface area contributed by atoms with Gasteiger partial charge in [-0.25, -0.2) is 14.6 Å². The summed E-state index contributed by atoms with van der Waals surface area (Å²) in [5.74, 6) is -1.06. The van der Waals surface area contributed by atoms with Crippen molar-refractivity contribution in [3.8, 4) is 0 Å². The Morgan fingerprint density at radius 3 is 3.05 bits per heavy atom. The molecule has 2 rings (SSSR count). The Hall–Kier alpha value is -1.67. The number of hydrogen-bond donors (Lipinski definition) is 2. The van der Waals surface area contributed by atoms with Gasteiger partial charge in [0.25, 0.3) is 0 Å². The van der Waals surface area contributed by atoms with E-state index >= 15 is 0 Å². The van der Waals surface area contributed by atoms with Crippen molar-refractivity contribution in [2.75, 3.05) is 19.8 Å². The molecular formula is C13H19N3O4S. The summed E-state index contributed by atoms with van der Waals surface area (Å²) in [7, 11) is 0. The van der Waals surface area contributed by atoms with E-state index in [1.54, 1.807) is 17.5 Å². The number of thiazole rings is 1. The normalized spacial score (nSPS) is 20.1. The van der Waals surface area contributed by atoms with Crippen molar-refractivity contribution in [1.29, 1.82) is 0 Å². The average molecular weight is 313 g/mol. The third kappa shape index (κ3) is 3.70. The van der Waals surface area contributed by atoms with E-state index in [1.165, 1.54) is 4.90 Å². The Morgan fingerprint density at radius 1 is 1.67 bits per heavy atom. The number of carbonyl (C=O) groups excluding carboxylic acids is 1. The first-order chi connectivity index (χ1) is 10.0. The van der Waals surface area contributed by atoms with Crippen LogP contribution in [0.4, 0.5) is 4.79 Å². The quantitative estimate of drug-likeness (QED) is 0.873. The fourth-order valence-corrected chi connectivity index (χ4v) is 2.93. The molecule has 1 saturated heterocycles. The second-order valence-electron chi connectivity index (χ2n) is 4.81. The van der Waals surface area contributed by atoms with Crippen LogP contribution in [0.1, 0.15) is 29.8 Å². The van der Waals surface area contributed by atoms with E-state index in [-0.39, 0.29) is 19.2 Å². The molecule has 21 heavy (non-hydrogen) atoms. The summed E-state index contributed by atoms with van der Waals surface area (Å²) in [5, 5.41) is 12.8. The molecule has 2 atom stereocenters. The number of ether oxygens (including phenoxy) is 1. The van der Waals surface area contributed by atoms with Crippen molar-refractivity contribution in [3.63, 3.8) is 0 Å². The lowest BCUT2D eigenvalue weighted by atomic mass is 10.2. The average Bonchev–Trinajstić information content (AvgIpc) is 2.96. The van der Waals surface area contributed by atoms with Crippen molar-refractivity contribution in [3.05, 3.63) is 16.1 Å². The molecule has 2 amide bonds. The molecule has 0 bridgehead atoms. The van der Waals surface area contributed by atoms with E-state index < -0.39 is 18.0 Å². The van der Waals surface area contributed by atoms with Crippen LogP contribution in [0, 0.1) is 0 Å². The summed E-state index contributed by atoms with van der Waals surface area (Å²) in [6, 6.07) is -1.58. The highest BCUT2D eigenvalue weighted by Crippen LogP contribution is 2.20. The highest BCUT2D eigenvalue weighted by Gasteiger charge is 2.33. The van der Waals surface area contributed by atoms with Crippen molar-refractivity contribution in [1.82, 2.24) is 15.2 Å². The van der Waals surface area contributed by atoms with Crippen molar-refractivity contribution in [2.45, 2.75) is 32.4 Å². The zero-order valence-electron chi connectivity index (χ0n) is 12.0. The van der Waals surface area contributed by atoms with Crippen LogP contribution in [0.2, 0.25) is 0 Å². The maximum absolute atomic E-state index is 12.2. The number of aromatic nitrogens is 1. The van der Waals surface area contributed by atoms with Crippen LogP contribution in [-0.4, -0.2) is 52.8 Å². The minimum atomic E-state index is -1.06. The number of nitrogens with zero attached hydrogens (tertiary/aromatic N) is 2. The zero-order chi connectivity index (χ0) is 15.4. The second kappa shape index (κ2) is 6.86. The predicted molar refractivity (Wildman–Crippen MR) is 77.4 cm³/mol. The van der Waals surface area contributed by atoms with Gasteiger partial charge in [0.1, 0.15) is 5.01 Å². The number of urea groups is 1. The first-order valence-electron chi connectivity index (χ1n) is 6.85. The maximum atomic E-state index is 12.2. The topological polar surface area (TPSA) is 91.8 Å². The Kier molecular flexibility index (Phi) is 5.13. The summed E-state index contributed by atoms with van der Waals surface area (Å²) in [6.07, 6.45) is 2.71. The lowest BCUT2D eigenvalue weighted by molar-refractivity contribution is -0.147. The van der Waals surface area contributed by atoms with Gasteiger partial charge in [0, 0.05) is 17.6 Å². The van der Waals surface area contributed by atoms with Gasteiger partial charge < -0.3 is 20.1 Å². The molecule has 0 aliphatic carbocycles. The number of carboxylic acid groups (broad SMARTS) is 1. The number of carboxylic acids is 1. The monoisotopic (exact) mass is 313 g/mol. The molecule has 0 aromatic carbocycles. The number of aliphatic carboxylic acids is 1. The van der Waals surface area contributed by atoms with Gasteiger partial charge in [-0.3, -0.25) is 0 Å². The minimum Gasteiger partial charge on any atom is -0.480 e. The van der Waals surface area contributed by atoms with Gasteiger partial charge in [0.05, 0.1) is 19.3 Å². The van der Waals surface area contributed by atoms with Crippen LogP contribution in [0.5, 0.6) is 0 Å². The van der Waals surface area contributed by atoms with E-state index in [0.29, 0.717) is 6.61 Å². The molecule has 8 heteroatoms. The largest absolute Gasteiger partial charge is 0.480 e. The summed E-state index contributed by atoms with van der Waals surface area (Å²) >= 11 is 1.55. The standard InChI is InChI=1S/C13H19N3O4S/c1-3-9-6-14-11(21-9)8(2)15-13(19)16-4-5-20-7-10(16)12(17)18/h6,8,10H,3-5,7H2,1-2H3,(H,15,19)(H,17,18). The molecule has 1 aromatic rings. The van der Waals surface area contributed by atoms with E-state index in [1.807, 2.05) is 13.8 Å². The third-order valence-electron chi connectivity index (χ3n) is 3.30. The van der Waals surface area contributed by atoms with Gasteiger partial charge in [-0.1, -0.05) is 6.92 Å². The number of morpholine rings is 1. The van der Waals surface area contributed by atoms with E-state index in [4.69, 9.17) is 9.84 Å². The molecular weight excluding hydrogens is 294 g/mol. The van der Waals surface area contributed by atoms with Gasteiger partial charge in [-0.15, -0.1) is 11.3 Å². The molecule has 0 spiro atoms. The van der Waals surface area contributed by atoms with Crippen LogP contribution in [-0.2, 0) is 16.0 Å². The van der Waals surface area contributed by atoms with E-state index in [2.05, 4.69) is 10.3 Å². The molecule has 1 aromatic heterocycles. The van der Waals surface area contributed by atoms with Crippen LogP contribution in [0.3, 0.4) is 0 Å². The predicted octanol–water partition coefficient (Wildman–Crippen LogP) is 1.26. The molecule has 0 saturated carbocycles. The number of hydrogen-bond acceptors (Lipinski definition) is 5. The first kappa shape index (κ1) is 15.7. The summed E-state index contributed by atoms with van der Waals surface area (Å²) in [5.41, 5.74) is 0. The molecule has 2 N–H and O–H groups in total. The summed E-state index contributed by atoms with van der Waals surface area (Å²) in [4.78, 5) is 30.1. The maximum Gasteiger partial charge on any atom is 0.328 e. The smallest absolute Gasteiger partial charge is 0.328 e. The molecule has 2 heterocycles. The molecule has 1 fully saturated rings. The number of nitrogens with one attached hydrogen (secondary N) is 1. The highest BCUT2D eigenvalue weighted by molar-refractivity contribution is 7.11. The zero-order valence-corrected chi connectivity index (χ0v) is 12.9. The van der Waals surface area contributed by atoms with Crippen LogP contribution in [0.25, 0.3) is 0 Å². The number of amides is 2. The van der Waals surface area contributed by atoms with Crippen LogP contribution >= 0.6 is 11.3 Å². The molecule has 1 aliphatic rings. The van der Waals surface area contributed by atoms with E-state index in [0.717, 1.165) is 16.3 Å². The molecule has 0 radical (unpaired) electrons. The third-order valence-corrected chi connectivity index (χ3v) is 4.63.